The Morgan fingerprint density at radius 1 is 1.17 bits per heavy atom. The SMILES string of the molecule is Nc1ncccc1CC(N)c1cc(Cl)cc(Cl)c1. The van der Waals surface area contributed by atoms with Gasteiger partial charge in [-0.2, -0.15) is 0 Å². The van der Waals surface area contributed by atoms with Crippen molar-refractivity contribution in [2.45, 2.75) is 12.5 Å². The van der Waals surface area contributed by atoms with Crippen molar-refractivity contribution in [2.75, 3.05) is 5.73 Å². The number of rotatable bonds is 3. The third kappa shape index (κ3) is 3.13. The highest BCUT2D eigenvalue weighted by atomic mass is 35.5. The fourth-order valence-electron chi connectivity index (χ4n) is 1.77. The Morgan fingerprint density at radius 3 is 2.44 bits per heavy atom. The van der Waals surface area contributed by atoms with Crippen LogP contribution in [0.25, 0.3) is 0 Å². The lowest BCUT2D eigenvalue weighted by Crippen LogP contribution is -2.14. The molecule has 0 amide bonds. The van der Waals surface area contributed by atoms with Gasteiger partial charge in [-0.1, -0.05) is 29.3 Å². The van der Waals surface area contributed by atoms with Gasteiger partial charge in [-0.25, -0.2) is 4.98 Å². The highest BCUT2D eigenvalue weighted by molar-refractivity contribution is 6.34. The van der Waals surface area contributed by atoms with E-state index in [0.29, 0.717) is 22.3 Å². The van der Waals surface area contributed by atoms with Gasteiger partial charge >= 0.3 is 0 Å². The number of hydrogen-bond acceptors (Lipinski definition) is 3. The van der Waals surface area contributed by atoms with Crippen molar-refractivity contribution >= 4 is 29.0 Å². The minimum absolute atomic E-state index is 0.215. The summed E-state index contributed by atoms with van der Waals surface area (Å²) in [5.41, 5.74) is 13.7. The van der Waals surface area contributed by atoms with E-state index in [0.717, 1.165) is 11.1 Å². The molecular formula is C13H13Cl2N3. The Kier molecular flexibility index (Phi) is 4.07. The van der Waals surface area contributed by atoms with Crippen LogP contribution < -0.4 is 11.5 Å². The monoisotopic (exact) mass is 281 g/mol. The van der Waals surface area contributed by atoms with E-state index in [1.807, 2.05) is 24.3 Å². The molecule has 0 bridgehead atoms. The molecule has 0 aliphatic heterocycles. The van der Waals surface area contributed by atoms with Crippen molar-refractivity contribution in [2.24, 2.45) is 5.73 Å². The van der Waals surface area contributed by atoms with Gasteiger partial charge in [0.25, 0.3) is 0 Å². The third-order valence-electron chi connectivity index (χ3n) is 2.68. The molecule has 0 aliphatic rings. The van der Waals surface area contributed by atoms with E-state index in [1.165, 1.54) is 0 Å². The summed E-state index contributed by atoms with van der Waals surface area (Å²) in [6, 6.07) is 8.83. The standard InChI is InChI=1S/C13H13Cl2N3/c14-10-4-9(5-11(15)7-10)12(16)6-8-2-1-3-18-13(8)17/h1-5,7,12H,6,16H2,(H2,17,18). The lowest BCUT2D eigenvalue weighted by molar-refractivity contribution is 0.721. The summed E-state index contributed by atoms with van der Waals surface area (Å²) >= 11 is 11.9. The van der Waals surface area contributed by atoms with Crippen LogP contribution >= 0.6 is 23.2 Å². The first-order valence-electron chi connectivity index (χ1n) is 5.47. The van der Waals surface area contributed by atoms with Crippen LogP contribution in [-0.2, 0) is 6.42 Å². The predicted octanol–water partition coefficient (Wildman–Crippen LogP) is 3.21. The molecule has 4 N–H and O–H groups in total. The summed E-state index contributed by atoms with van der Waals surface area (Å²) in [6.45, 7) is 0. The normalized spacial score (nSPS) is 12.4. The molecular weight excluding hydrogens is 269 g/mol. The number of halogens is 2. The molecule has 0 aliphatic carbocycles. The molecule has 3 nitrogen and oxygen atoms in total. The first kappa shape index (κ1) is 13.1. The molecule has 2 aromatic rings. The zero-order valence-electron chi connectivity index (χ0n) is 9.61. The topological polar surface area (TPSA) is 64.9 Å². The van der Waals surface area contributed by atoms with E-state index in [2.05, 4.69) is 4.98 Å². The van der Waals surface area contributed by atoms with Gasteiger partial charge in [0.15, 0.2) is 0 Å². The van der Waals surface area contributed by atoms with Gasteiger partial charge in [0.1, 0.15) is 5.82 Å². The van der Waals surface area contributed by atoms with Gasteiger partial charge < -0.3 is 11.5 Å². The molecule has 0 fully saturated rings. The number of anilines is 1. The lowest BCUT2D eigenvalue weighted by Gasteiger charge is -2.14. The molecule has 18 heavy (non-hydrogen) atoms. The van der Waals surface area contributed by atoms with E-state index in [4.69, 9.17) is 34.7 Å². The Morgan fingerprint density at radius 2 is 1.83 bits per heavy atom. The molecule has 0 radical (unpaired) electrons. The molecule has 0 spiro atoms. The number of pyridine rings is 1. The first-order chi connectivity index (χ1) is 8.56. The Hall–Kier alpha value is -1.29. The summed E-state index contributed by atoms with van der Waals surface area (Å²) in [5, 5.41) is 1.15. The number of nitrogens with two attached hydrogens (primary N) is 2. The van der Waals surface area contributed by atoms with Gasteiger partial charge in [-0.15, -0.1) is 0 Å². The summed E-state index contributed by atoms with van der Waals surface area (Å²) < 4.78 is 0. The minimum Gasteiger partial charge on any atom is -0.383 e. The lowest BCUT2D eigenvalue weighted by atomic mass is 10.0. The van der Waals surface area contributed by atoms with Crippen LogP contribution in [0.1, 0.15) is 17.2 Å². The Labute approximate surface area is 116 Å². The molecule has 94 valence electrons. The molecule has 5 heteroatoms. The van der Waals surface area contributed by atoms with Gasteiger partial charge in [-0.3, -0.25) is 0 Å². The number of nitrogens with zero attached hydrogens (tertiary/aromatic N) is 1. The Bertz CT molecular complexity index is 537. The van der Waals surface area contributed by atoms with E-state index in [9.17, 15) is 0 Å². The quantitative estimate of drug-likeness (QED) is 0.908. The second kappa shape index (κ2) is 5.57. The average Bonchev–Trinajstić information content (AvgIpc) is 2.31. The zero-order valence-corrected chi connectivity index (χ0v) is 11.1. The largest absolute Gasteiger partial charge is 0.383 e. The van der Waals surface area contributed by atoms with E-state index in [-0.39, 0.29) is 6.04 Å². The number of hydrogen-bond donors (Lipinski definition) is 2. The summed E-state index contributed by atoms with van der Waals surface area (Å²) in [7, 11) is 0. The van der Waals surface area contributed by atoms with Crippen LogP contribution in [0.2, 0.25) is 10.0 Å². The number of aromatic nitrogens is 1. The summed E-state index contributed by atoms with van der Waals surface area (Å²) in [6.07, 6.45) is 2.25. The average molecular weight is 282 g/mol. The summed E-state index contributed by atoms with van der Waals surface area (Å²) in [5.74, 6) is 0.501. The van der Waals surface area contributed by atoms with Gasteiger partial charge in [0.2, 0.25) is 0 Å². The van der Waals surface area contributed by atoms with Crippen LogP contribution in [0.5, 0.6) is 0 Å². The van der Waals surface area contributed by atoms with E-state index in [1.54, 1.807) is 12.3 Å². The number of benzene rings is 1. The molecule has 1 aromatic heterocycles. The van der Waals surface area contributed by atoms with Crippen molar-refractivity contribution in [1.82, 2.24) is 4.98 Å². The maximum Gasteiger partial charge on any atom is 0.126 e. The predicted molar refractivity (Wildman–Crippen MR) is 75.7 cm³/mol. The van der Waals surface area contributed by atoms with Crippen LogP contribution in [0.4, 0.5) is 5.82 Å². The Balaban J connectivity index is 2.22. The molecule has 1 aromatic carbocycles. The fraction of sp³-hybridized carbons (Fsp3) is 0.154. The van der Waals surface area contributed by atoms with Gasteiger partial charge in [0.05, 0.1) is 0 Å². The van der Waals surface area contributed by atoms with Crippen LogP contribution in [0.15, 0.2) is 36.5 Å². The molecule has 0 saturated heterocycles. The molecule has 1 unspecified atom stereocenters. The van der Waals surface area contributed by atoms with Crippen LogP contribution in [0.3, 0.4) is 0 Å². The minimum atomic E-state index is -0.215. The van der Waals surface area contributed by atoms with Crippen molar-refractivity contribution in [3.8, 4) is 0 Å². The summed E-state index contributed by atoms with van der Waals surface area (Å²) in [4.78, 5) is 4.03. The van der Waals surface area contributed by atoms with E-state index < -0.39 is 0 Å². The van der Waals surface area contributed by atoms with Gasteiger partial charge in [-0.05, 0) is 41.8 Å². The van der Waals surface area contributed by atoms with Crippen molar-refractivity contribution in [1.29, 1.82) is 0 Å². The van der Waals surface area contributed by atoms with Crippen molar-refractivity contribution in [3.05, 3.63) is 57.7 Å². The van der Waals surface area contributed by atoms with E-state index >= 15 is 0 Å². The second-order valence-corrected chi connectivity index (χ2v) is 4.93. The molecule has 1 atom stereocenters. The highest BCUT2D eigenvalue weighted by Gasteiger charge is 2.11. The van der Waals surface area contributed by atoms with Crippen LogP contribution in [0, 0.1) is 0 Å². The fourth-order valence-corrected chi connectivity index (χ4v) is 2.31. The van der Waals surface area contributed by atoms with Gasteiger partial charge in [0, 0.05) is 22.3 Å². The van der Waals surface area contributed by atoms with Crippen LogP contribution in [-0.4, -0.2) is 4.98 Å². The highest BCUT2D eigenvalue weighted by Crippen LogP contribution is 2.25. The molecule has 0 saturated carbocycles. The maximum atomic E-state index is 6.13. The molecule has 1 heterocycles. The second-order valence-electron chi connectivity index (χ2n) is 4.06. The smallest absolute Gasteiger partial charge is 0.126 e. The molecule has 2 rings (SSSR count). The third-order valence-corrected chi connectivity index (χ3v) is 3.12. The zero-order chi connectivity index (χ0) is 13.1. The first-order valence-corrected chi connectivity index (χ1v) is 6.23. The maximum absolute atomic E-state index is 6.13. The van der Waals surface area contributed by atoms with Crippen molar-refractivity contribution < 1.29 is 0 Å². The van der Waals surface area contributed by atoms with Crippen molar-refractivity contribution in [3.63, 3.8) is 0 Å². The number of nitrogen functional groups attached to an aromatic ring is 1.